The van der Waals surface area contributed by atoms with Crippen LogP contribution in [0.5, 0.6) is 0 Å². The van der Waals surface area contributed by atoms with Crippen molar-refractivity contribution in [2.75, 3.05) is 18.0 Å². The predicted molar refractivity (Wildman–Crippen MR) is 105 cm³/mol. The Hall–Kier alpha value is -3.49. The number of hydrogen-bond acceptors (Lipinski definition) is 6. The standard InChI is InChI=1S/C19H20N8O/c1-25-19(28)27(14-7-3-2-4-8-14)17(24-25)13-6-5-9-26(10-13)18-15-16(21-11-20-15)22-12-23-18/h2-4,7-8,11-13H,5-6,9-10H2,1H3,(H,20,21,22,23)/t13-/m0/s1. The van der Waals surface area contributed by atoms with Gasteiger partial charge in [0.15, 0.2) is 11.5 Å². The molecule has 0 spiro atoms. The van der Waals surface area contributed by atoms with Gasteiger partial charge in [0.1, 0.15) is 17.7 Å². The van der Waals surface area contributed by atoms with Gasteiger partial charge in [-0.15, -0.1) is 0 Å². The number of aromatic nitrogens is 7. The minimum absolute atomic E-state index is 0.121. The van der Waals surface area contributed by atoms with Crippen molar-refractivity contribution in [3.8, 4) is 5.69 Å². The van der Waals surface area contributed by atoms with Crippen molar-refractivity contribution in [1.82, 2.24) is 34.3 Å². The minimum Gasteiger partial charge on any atom is -0.354 e. The molecule has 9 heteroatoms. The van der Waals surface area contributed by atoms with Gasteiger partial charge in [0, 0.05) is 26.1 Å². The van der Waals surface area contributed by atoms with E-state index in [-0.39, 0.29) is 11.6 Å². The first-order chi connectivity index (χ1) is 13.7. The quantitative estimate of drug-likeness (QED) is 0.584. The molecule has 1 aliphatic heterocycles. The summed E-state index contributed by atoms with van der Waals surface area (Å²) in [6.45, 7) is 1.62. The molecule has 1 atom stereocenters. The highest BCUT2D eigenvalue weighted by atomic mass is 16.2. The number of benzene rings is 1. The summed E-state index contributed by atoms with van der Waals surface area (Å²) in [5.41, 5.74) is 2.21. The van der Waals surface area contributed by atoms with E-state index in [2.05, 4.69) is 29.9 Å². The first-order valence-electron chi connectivity index (χ1n) is 9.33. The molecule has 1 aromatic carbocycles. The van der Waals surface area contributed by atoms with Crippen LogP contribution in [0.3, 0.4) is 0 Å². The summed E-state index contributed by atoms with van der Waals surface area (Å²) < 4.78 is 3.14. The first kappa shape index (κ1) is 16.7. The monoisotopic (exact) mass is 376 g/mol. The summed E-state index contributed by atoms with van der Waals surface area (Å²) >= 11 is 0. The number of imidazole rings is 1. The predicted octanol–water partition coefficient (Wildman–Crippen LogP) is 1.62. The second-order valence-corrected chi connectivity index (χ2v) is 7.02. The van der Waals surface area contributed by atoms with Crippen LogP contribution in [0.1, 0.15) is 24.6 Å². The van der Waals surface area contributed by atoms with Crippen LogP contribution >= 0.6 is 0 Å². The Morgan fingerprint density at radius 3 is 2.86 bits per heavy atom. The lowest BCUT2D eigenvalue weighted by Crippen LogP contribution is -2.36. The maximum Gasteiger partial charge on any atom is 0.350 e. The third-order valence-electron chi connectivity index (χ3n) is 5.25. The van der Waals surface area contributed by atoms with Gasteiger partial charge in [-0.05, 0) is 25.0 Å². The zero-order valence-corrected chi connectivity index (χ0v) is 15.5. The molecule has 1 fully saturated rings. The number of anilines is 1. The molecule has 0 amide bonds. The molecule has 5 rings (SSSR count). The molecular weight excluding hydrogens is 356 g/mol. The van der Waals surface area contributed by atoms with Crippen LogP contribution in [0, 0.1) is 0 Å². The van der Waals surface area contributed by atoms with Crippen molar-refractivity contribution in [3.05, 3.63) is 59.3 Å². The fourth-order valence-electron chi connectivity index (χ4n) is 3.94. The highest BCUT2D eigenvalue weighted by Crippen LogP contribution is 2.30. The van der Waals surface area contributed by atoms with Crippen LogP contribution < -0.4 is 10.6 Å². The van der Waals surface area contributed by atoms with Crippen LogP contribution in [0.2, 0.25) is 0 Å². The number of nitrogens with one attached hydrogen (secondary N) is 1. The molecule has 4 heterocycles. The number of hydrogen-bond donors (Lipinski definition) is 1. The molecule has 0 bridgehead atoms. The number of fused-ring (bicyclic) bond motifs is 1. The number of aryl methyl sites for hydroxylation is 1. The van der Waals surface area contributed by atoms with Crippen molar-refractivity contribution in [1.29, 1.82) is 0 Å². The third-order valence-corrected chi connectivity index (χ3v) is 5.25. The van der Waals surface area contributed by atoms with E-state index in [1.54, 1.807) is 24.3 Å². The molecule has 0 aliphatic carbocycles. The Balaban J connectivity index is 1.54. The Kier molecular flexibility index (Phi) is 3.92. The molecule has 1 saturated heterocycles. The SMILES string of the molecule is Cn1nc([C@H]2CCCN(c3ncnc4nc[nH]c34)C2)n(-c2ccccc2)c1=O. The van der Waals surface area contributed by atoms with Gasteiger partial charge in [0.05, 0.1) is 12.0 Å². The van der Waals surface area contributed by atoms with E-state index in [1.807, 2.05) is 30.3 Å². The van der Waals surface area contributed by atoms with Gasteiger partial charge < -0.3 is 9.88 Å². The molecule has 1 aliphatic rings. The topological polar surface area (TPSA) is 97.5 Å². The van der Waals surface area contributed by atoms with Crippen molar-refractivity contribution in [2.45, 2.75) is 18.8 Å². The number of H-pyrrole nitrogens is 1. The van der Waals surface area contributed by atoms with Crippen molar-refractivity contribution in [2.24, 2.45) is 7.05 Å². The molecule has 0 unspecified atom stereocenters. The first-order valence-corrected chi connectivity index (χ1v) is 9.33. The fraction of sp³-hybridized carbons (Fsp3) is 0.316. The lowest BCUT2D eigenvalue weighted by atomic mass is 9.97. The summed E-state index contributed by atoms with van der Waals surface area (Å²) in [6.07, 6.45) is 5.14. The Bertz CT molecular complexity index is 1180. The van der Waals surface area contributed by atoms with E-state index in [4.69, 9.17) is 0 Å². The van der Waals surface area contributed by atoms with Crippen molar-refractivity contribution in [3.63, 3.8) is 0 Å². The normalized spacial score (nSPS) is 17.3. The maximum absolute atomic E-state index is 12.7. The fourth-order valence-corrected chi connectivity index (χ4v) is 3.94. The summed E-state index contributed by atoms with van der Waals surface area (Å²) in [6, 6.07) is 9.68. The molecular formula is C19H20N8O. The lowest BCUT2D eigenvalue weighted by molar-refractivity contribution is 0.481. The molecule has 1 N–H and O–H groups in total. The number of nitrogens with zero attached hydrogens (tertiary/aromatic N) is 7. The molecule has 4 aromatic rings. The largest absolute Gasteiger partial charge is 0.354 e. The number of piperidine rings is 1. The number of aromatic amines is 1. The average molecular weight is 376 g/mol. The highest BCUT2D eigenvalue weighted by molar-refractivity contribution is 5.82. The van der Waals surface area contributed by atoms with Crippen molar-refractivity contribution < 1.29 is 0 Å². The van der Waals surface area contributed by atoms with Crippen LogP contribution in [-0.4, -0.2) is 47.4 Å². The van der Waals surface area contributed by atoms with E-state index >= 15 is 0 Å². The van der Waals surface area contributed by atoms with Gasteiger partial charge >= 0.3 is 5.69 Å². The van der Waals surface area contributed by atoms with Gasteiger partial charge in [0.25, 0.3) is 0 Å². The smallest absolute Gasteiger partial charge is 0.350 e. The molecule has 0 radical (unpaired) electrons. The van der Waals surface area contributed by atoms with Gasteiger partial charge in [-0.3, -0.25) is 0 Å². The molecule has 142 valence electrons. The zero-order valence-electron chi connectivity index (χ0n) is 15.5. The van der Waals surface area contributed by atoms with E-state index < -0.39 is 0 Å². The van der Waals surface area contributed by atoms with E-state index in [0.29, 0.717) is 5.65 Å². The van der Waals surface area contributed by atoms with E-state index in [0.717, 1.165) is 48.8 Å². The summed E-state index contributed by atoms with van der Waals surface area (Å²) in [4.78, 5) is 31.0. The molecule has 3 aromatic heterocycles. The third kappa shape index (κ3) is 2.67. The Morgan fingerprint density at radius 1 is 1.14 bits per heavy atom. The summed E-state index contributed by atoms with van der Waals surface area (Å²) in [5, 5.41) is 4.58. The number of para-hydroxylation sites is 1. The second-order valence-electron chi connectivity index (χ2n) is 7.02. The van der Waals surface area contributed by atoms with Gasteiger partial charge in [-0.2, -0.15) is 5.10 Å². The van der Waals surface area contributed by atoms with Crippen LogP contribution in [0.4, 0.5) is 5.82 Å². The Morgan fingerprint density at radius 2 is 2.00 bits per heavy atom. The van der Waals surface area contributed by atoms with Crippen molar-refractivity contribution >= 4 is 17.0 Å². The minimum atomic E-state index is -0.128. The molecule has 0 saturated carbocycles. The maximum atomic E-state index is 12.7. The average Bonchev–Trinajstić information content (AvgIpc) is 3.33. The summed E-state index contributed by atoms with van der Waals surface area (Å²) in [7, 11) is 1.70. The van der Waals surface area contributed by atoms with E-state index in [9.17, 15) is 4.79 Å². The summed E-state index contributed by atoms with van der Waals surface area (Å²) in [5.74, 6) is 1.76. The Labute approximate surface area is 160 Å². The highest BCUT2D eigenvalue weighted by Gasteiger charge is 2.29. The lowest BCUT2D eigenvalue weighted by Gasteiger charge is -2.33. The van der Waals surface area contributed by atoms with Gasteiger partial charge in [-0.25, -0.2) is 29.0 Å². The molecule has 9 nitrogen and oxygen atoms in total. The van der Waals surface area contributed by atoms with Crippen LogP contribution in [0.25, 0.3) is 16.9 Å². The van der Waals surface area contributed by atoms with Crippen LogP contribution in [-0.2, 0) is 7.05 Å². The number of rotatable bonds is 3. The zero-order chi connectivity index (χ0) is 19.1. The second kappa shape index (κ2) is 6.59. The van der Waals surface area contributed by atoms with E-state index in [1.165, 1.54) is 4.68 Å². The van der Waals surface area contributed by atoms with Crippen LogP contribution in [0.15, 0.2) is 47.8 Å². The van der Waals surface area contributed by atoms with Gasteiger partial charge in [-0.1, -0.05) is 18.2 Å². The molecule has 28 heavy (non-hydrogen) atoms. The van der Waals surface area contributed by atoms with Gasteiger partial charge in [0.2, 0.25) is 0 Å².